The van der Waals surface area contributed by atoms with Gasteiger partial charge in [-0.25, -0.2) is 4.79 Å². The first kappa shape index (κ1) is 17.1. The Bertz CT molecular complexity index is 716. The summed E-state index contributed by atoms with van der Waals surface area (Å²) in [5.74, 6) is -0.0434. The second-order valence-corrected chi connectivity index (χ2v) is 6.01. The Hall–Kier alpha value is -2.25. The SMILES string of the molecule is COc1ccc(NC(=O)COC(=O)c2ccc(Cl)s2)c(OC)c1. The first-order valence-corrected chi connectivity index (χ1v) is 7.67. The van der Waals surface area contributed by atoms with E-state index >= 15 is 0 Å². The van der Waals surface area contributed by atoms with Crippen LogP contribution >= 0.6 is 22.9 Å². The summed E-state index contributed by atoms with van der Waals surface area (Å²) in [6, 6.07) is 8.08. The molecule has 1 aromatic heterocycles. The van der Waals surface area contributed by atoms with E-state index in [-0.39, 0.29) is 0 Å². The molecule has 2 rings (SSSR count). The number of amides is 1. The molecular formula is C15H14ClNO5S. The Kier molecular flexibility index (Phi) is 5.84. The van der Waals surface area contributed by atoms with Crippen LogP contribution in [-0.2, 0) is 9.53 Å². The molecule has 23 heavy (non-hydrogen) atoms. The summed E-state index contributed by atoms with van der Waals surface area (Å²) in [5.41, 5.74) is 0.452. The number of halogens is 1. The van der Waals surface area contributed by atoms with E-state index in [1.54, 1.807) is 30.3 Å². The highest BCUT2D eigenvalue weighted by Crippen LogP contribution is 2.29. The Morgan fingerprint density at radius 3 is 2.57 bits per heavy atom. The van der Waals surface area contributed by atoms with Gasteiger partial charge >= 0.3 is 5.97 Å². The van der Waals surface area contributed by atoms with Crippen LogP contribution in [0.5, 0.6) is 11.5 Å². The number of anilines is 1. The smallest absolute Gasteiger partial charge is 0.348 e. The lowest BCUT2D eigenvalue weighted by Crippen LogP contribution is -2.20. The molecule has 6 nitrogen and oxygen atoms in total. The summed E-state index contributed by atoms with van der Waals surface area (Å²) in [7, 11) is 3.01. The van der Waals surface area contributed by atoms with Gasteiger partial charge in [0.25, 0.3) is 5.91 Å². The van der Waals surface area contributed by atoms with Gasteiger partial charge in [0.2, 0.25) is 0 Å². The standard InChI is InChI=1S/C15H14ClNO5S/c1-20-9-3-4-10(11(7-9)21-2)17-14(18)8-22-15(19)12-5-6-13(16)23-12/h3-7H,8H2,1-2H3,(H,17,18). The molecule has 0 spiro atoms. The number of methoxy groups -OCH3 is 2. The van der Waals surface area contributed by atoms with Crippen molar-refractivity contribution in [3.63, 3.8) is 0 Å². The fraction of sp³-hybridized carbons (Fsp3) is 0.200. The number of nitrogens with one attached hydrogen (secondary N) is 1. The van der Waals surface area contributed by atoms with Crippen LogP contribution in [0.25, 0.3) is 0 Å². The lowest BCUT2D eigenvalue weighted by molar-refractivity contribution is -0.119. The number of benzene rings is 1. The predicted molar refractivity (Wildman–Crippen MR) is 87.8 cm³/mol. The van der Waals surface area contributed by atoms with E-state index in [1.165, 1.54) is 14.2 Å². The average Bonchev–Trinajstić information content (AvgIpc) is 2.99. The molecule has 0 aliphatic carbocycles. The van der Waals surface area contributed by atoms with Crippen LogP contribution in [-0.4, -0.2) is 32.7 Å². The third-order valence-electron chi connectivity index (χ3n) is 2.79. The van der Waals surface area contributed by atoms with Gasteiger partial charge in [0.15, 0.2) is 6.61 Å². The zero-order valence-electron chi connectivity index (χ0n) is 12.4. The van der Waals surface area contributed by atoms with Crippen LogP contribution in [0.3, 0.4) is 0 Å². The fourth-order valence-corrected chi connectivity index (χ4v) is 2.65. The molecule has 1 N–H and O–H groups in total. The van der Waals surface area contributed by atoms with E-state index in [2.05, 4.69) is 5.32 Å². The number of thiophene rings is 1. The lowest BCUT2D eigenvalue weighted by Gasteiger charge is -2.11. The molecule has 0 aliphatic heterocycles. The fourth-order valence-electron chi connectivity index (χ4n) is 1.71. The monoisotopic (exact) mass is 355 g/mol. The van der Waals surface area contributed by atoms with E-state index in [1.807, 2.05) is 0 Å². The minimum atomic E-state index is -0.598. The van der Waals surface area contributed by atoms with Crippen molar-refractivity contribution in [3.05, 3.63) is 39.5 Å². The van der Waals surface area contributed by atoms with Gasteiger partial charge in [-0.3, -0.25) is 4.79 Å². The van der Waals surface area contributed by atoms with E-state index < -0.39 is 18.5 Å². The Labute approximate surface area is 141 Å². The third kappa shape index (κ3) is 4.61. The maximum Gasteiger partial charge on any atom is 0.348 e. The van der Waals surface area contributed by atoms with Crippen LogP contribution in [0.4, 0.5) is 5.69 Å². The minimum Gasteiger partial charge on any atom is -0.497 e. The van der Waals surface area contributed by atoms with Gasteiger partial charge in [-0.15, -0.1) is 11.3 Å². The second kappa shape index (κ2) is 7.85. The molecule has 0 atom stereocenters. The van der Waals surface area contributed by atoms with Crippen LogP contribution in [0.15, 0.2) is 30.3 Å². The number of esters is 1. The molecule has 0 saturated carbocycles. The molecular weight excluding hydrogens is 342 g/mol. The summed E-state index contributed by atoms with van der Waals surface area (Å²) < 4.78 is 15.7. The molecule has 8 heteroatoms. The molecule has 2 aromatic rings. The first-order chi connectivity index (χ1) is 11.0. The summed E-state index contributed by atoms with van der Waals surface area (Å²) in [5, 5.41) is 2.61. The highest BCUT2D eigenvalue weighted by atomic mass is 35.5. The number of ether oxygens (including phenoxy) is 3. The van der Waals surface area contributed by atoms with Gasteiger partial charge in [-0.05, 0) is 24.3 Å². The molecule has 1 aromatic carbocycles. The van der Waals surface area contributed by atoms with Crippen LogP contribution < -0.4 is 14.8 Å². The molecule has 0 aliphatic rings. The second-order valence-electron chi connectivity index (χ2n) is 4.29. The van der Waals surface area contributed by atoms with Crippen molar-refractivity contribution in [1.82, 2.24) is 0 Å². The summed E-state index contributed by atoms with van der Waals surface area (Å²) >= 11 is 6.83. The maximum atomic E-state index is 11.9. The number of hydrogen-bond acceptors (Lipinski definition) is 6. The highest BCUT2D eigenvalue weighted by Gasteiger charge is 2.14. The van der Waals surface area contributed by atoms with Crippen LogP contribution in [0.1, 0.15) is 9.67 Å². The van der Waals surface area contributed by atoms with Gasteiger partial charge in [0.1, 0.15) is 16.4 Å². The summed E-state index contributed by atoms with van der Waals surface area (Å²) in [6.07, 6.45) is 0. The average molecular weight is 356 g/mol. The highest BCUT2D eigenvalue weighted by molar-refractivity contribution is 7.17. The van der Waals surface area contributed by atoms with Crippen molar-refractivity contribution in [1.29, 1.82) is 0 Å². The van der Waals surface area contributed by atoms with Crippen molar-refractivity contribution >= 4 is 40.5 Å². The lowest BCUT2D eigenvalue weighted by atomic mass is 10.2. The van der Waals surface area contributed by atoms with E-state index in [0.29, 0.717) is 26.4 Å². The summed E-state index contributed by atoms with van der Waals surface area (Å²) in [4.78, 5) is 23.9. The minimum absolute atomic E-state index is 0.338. The van der Waals surface area contributed by atoms with E-state index in [9.17, 15) is 9.59 Å². The van der Waals surface area contributed by atoms with Crippen molar-refractivity contribution < 1.29 is 23.8 Å². The van der Waals surface area contributed by atoms with E-state index in [4.69, 9.17) is 25.8 Å². The Morgan fingerprint density at radius 1 is 1.17 bits per heavy atom. The maximum absolute atomic E-state index is 11.9. The van der Waals surface area contributed by atoms with Crippen molar-refractivity contribution in [2.75, 3.05) is 26.1 Å². The Morgan fingerprint density at radius 2 is 1.96 bits per heavy atom. The Balaban J connectivity index is 1.93. The molecule has 1 amide bonds. The number of carbonyl (C=O) groups excluding carboxylic acids is 2. The van der Waals surface area contributed by atoms with Crippen LogP contribution in [0, 0.1) is 0 Å². The van der Waals surface area contributed by atoms with Gasteiger partial charge in [-0.2, -0.15) is 0 Å². The largest absolute Gasteiger partial charge is 0.497 e. The molecule has 0 bridgehead atoms. The van der Waals surface area contributed by atoms with Crippen molar-refractivity contribution in [3.8, 4) is 11.5 Å². The predicted octanol–water partition coefficient (Wildman–Crippen LogP) is 3.21. The molecule has 0 radical (unpaired) electrons. The molecule has 0 unspecified atom stereocenters. The van der Waals surface area contributed by atoms with Gasteiger partial charge in [0.05, 0.1) is 24.2 Å². The molecule has 0 saturated heterocycles. The normalized spacial score (nSPS) is 10.0. The van der Waals surface area contributed by atoms with Crippen molar-refractivity contribution in [2.45, 2.75) is 0 Å². The zero-order valence-corrected chi connectivity index (χ0v) is 14.0. The molecule has 122 valence electrons. The van der Waals surface area contributed by atoms with Crippen LogP contribution in [0.2, 0.25) is 4.34 Å². The summed E-state index contributed by atoms with van der Waals surface area (Å²) in [6.45, 7) is -0.413. The van der Waals surface area contributed by atoms with Gasteiger partial charge < -0.3 is 19.5 Å². The number of rotatable bonds is 6. The van der Waals surface area contributed by atoms with E-state index in [0.717, 1.165) is 11.3 Å². The molecule has 0 fully saturated rings. The van der Waals surface area contributed by atoms with Gasteiger partial charge in [-0.1, -0.05) is 11.6 Å². The zero-order chi connectivity index (χ0) is 16.8. The van der Waals surface area contributed by atoms with Gasteiger partial charge in [0, 0.05) is 6.07 Å². The topological polar surface area (TPSA) is 73.9 Å². The number of carbonyl (C=O) groups is 2. The quantitative estimate of drug-likeness (QED) is 0.805. The third-order valence-corrected chi connectivity index (χ3v) is 4.00. The first-order valence-electron chi connectivity index (χ1n) is 6.48. The number of hydrogen-bond donors (Lipinski definition) is 1. The van der Waals surface area contributed by atoms with Crippen molar-refractivity contribution in [2.24, 2.45) is 0 Å². The molecule has 1 heterocycles.